The van der Waals surface area contributed by atoms with Crippen molar-refractivity contribution >= 4 is 27.8 Å². The number of aromatic nitrogens is 2. The standard InChI is InChI=1S/C17H16N2O2/c1-2-4-13(17(20)21)14-9-8-12-7-6-11-5-3-10-18-15(11)16(12)19-14/h3,5-10,13H,2,4H2,1H3,(H,20,21). The Labute approximate surface area is 122 Å². The van der Waals surface area contributed by atoms with Crippen LogP contribution in [0.15, 0.2) is 42.6 Å². The molecular formula is C17H16N2O2. The molecule has 3 rings (SSSR count). The second-order valence-corrected chi connectivity index (χ2v) is 5.13. The maximum absolute atomic E-state index is 11.4. The number of fused-ring (bicyclic) bond motifs is 3. The van der Waals surface area contributed by atoms with Gasteiger partial charge in [-0.1, -0.05) is 37.6 Å². The molecule has 4 nitrogen and oxygen atoms in total. The van der Waals surface area contributed by atoms with Crippen molar-refractivity contribution in [2.45, 2.75) is 25.7 Å². The first-order valence-corrected chi connectivity index (χ1v) is 7.08. The molecule has 4 heteroatoms. The maximum Gasteiger partial charge on any atom is 0.312 e. The highest BCUT2D eigenvalue weighted by Gasteiger charge is 2.20. The van der Waals surface area contributed by atoms with E-state index in [4.69, 9.17) is 0 Å². The zero-order valence-corrected chi connectivity index (χ0v) is 11.8. The number of benzene rings is 1. The van der Waals surface area contributed by atoms with Gasteiger partial charge in [0.15, 0.2) is 0 Å². The van der Waals surface area contributed by atoms with Gasteiger partial charge in [-0.25, -0.2) is 4.98 Å². The fraction of sp³-hybridized carbons (Fsp3) is 0.235. The number of hydrogen-bond acceptors (Lipinski definition) is 3. The Bertz CT molecular complexity index is 814. The number of carbonyl (C=O) groups is 1. The first-order chi connectivity index (χ1) is 10.2. The summed E-state index contributed by atoms with van der Waals surface area (Å²) in [5, 5.41) is 11.4. The van der Waals surface area contributed by atoms with Crippen LogP contribution in [0, 0.1) is 0 Å². The third-order valence-corrected chi connectivity index (χ3v) is 3.69. The monoisotopic (exact) mass is 280 g/mol. The Balaban J connectivity index is 2.22. The molecule has 2 heterocycles. The Morgan fingerprint density at radius 2 is 1.86 bits per heavy atom. The van der Waals surface area contributed by atoms with E-state index in [9.17, 15) is 9.90 Å². The maximum atomic E-state index is 11.4. The predicted molar refractivity (Wildman–Crippen MR) is 82.3 cm³/mol. The van der Waals surface area contributed by atoms with E-state index >= 15 is 0 Å². The highest BCUT2D eigenvalue weighted by Crippen LogP contribution is 2.26. The Hall–Kier alpha value is -2.49. The fourth-order valence-electron chi connectivity index (χ4n) is 2.62. The molecule has 0 aliphatic carbocycles. The van der Waals surface area contributed by atoms with Gasteiger partial charge in [0.25, 0.3) is 0 Å². The van der Waals surface area contributed by atoms with Gasteiger partial charge in [0.1, 0.15) is 0 Å². The third-order valence-electron chi connectivity index (χ3n) is 3.69. The number of carboxylic acids is 1. The number of nitrogens with zero attached hydrogens (tertiary/aromatic N) is 2. The minimum atomic E-state index is -0.822. The molecule has 1 aromatic carbocycles. The first kappa shape index (κ1) is 13.5. The predicted octanol–water partition coefficient (Wildman–Crippen LogP) is 3.75. The van der Waals surface area contributed by atoms with Crippen LogP contribution in [0.4, 0.5) is 0 Å². The molecule has 0 aliphatic heterocycles. The van der Waals surface area contributed by atoms with Gasteiger partial charge in [-0.2, -0.15) is 0 Å². The van der Waals surface area contributed by atoms with Gasteiger partial charge in [-0.3, -0.25) is 9.78 Å². The van der Waals surface area contributed by atoms with Crippen LogP contribution in [0.25, 0.3) is 21.8 Å². The number of rotatable bonds is 4. The SMILES string of the molecule is CCCC(C(=O)O)c1ccc2ccc3cccnc3c2n1. The Morgan fingerprint density at radius 1 is 1.14 bits per heavy atom. The molecule has 0 bridgehead atoms. The van der Waals surface area contributed by atoms with Crippen molar-refractivity contribution in [3.63, 3.8) is 0 Å². The van der Waals surface area contributed by atoms with Gasteiger partial charge in [0.2, 0.25) is 0 Å². The fourth-order valence-corrected chi connectivity index (χ4v) is 2.62. The molecule has 1 unspecified atom stereocenters. The number of hydrogen-bond donors (Lipinski definition) is 1. The zero-order chi connectivity index (χ0) is 14.8. The molecule has 0 radical (unpaired) electrons. The first-order valence-electron chi connectivity index (χ1n) is 7.08. The molecule has 0 aliphatic rings. The average molecular weight is 280 g/mol. The molecule has 21 heavy (non-hydrogen) atoms. The zero-order valence-electron chi connectivity index (χ0n) is 11.8. The van der Waals surface area contributed by atoms with E-state index in [-0.39, 0.29) is 0 Å². The summed E-state index contributed by atoms with van der Waals surface area (Å²) in [7, 11) is 0. The van der Waals surface area contributed by atoms with E-state index in [1.54, 1.807) is 6.20 Å². The van der Waals surface area contributed by atoms with Crippen molar-refractivity contribution in [2.24, 2.45) is 0 Å². The van der Waals surface area contributed by atoms with Crippen LogP contribution in [-0.2, 0) is 4.79 Å². The summed E-state index contributed by atoms with van der Waals surface area (Å²) >= 11 is 0. The second-order valence-electron chi connectivity index (χ2n) is 5.13. The van der Waals surface area contributed by atoms with Crippen LogP contribution >= 0.6 is 0 Å². The normalized spacial score (nSPS) is 12.6. The van der Waals surface area contributed by atoms with Crippen molar-refractivity contribution in [1.29, 1.82) is 0 Å². The lowest BCUT2D eigenvalue weighted by atomic mass is 9.98. The molecule has 2 aromatic heterocycles. The molecule has 0 fully saturated rings. The number of aliphatic carboxylic acids is 1. The summed E-state index contributed by atoms with van der Waals surface area (Å²) in [4.78, 5) is 20.4. The van der Waals surface area contributed by atoms with Crippen molar-refractivity contribution in [2.75, 3.05) is 0 Å². The molecule has 0 saturated heterocycles. The summed E-state index contributed by atoms with van der Waals surface area (Å²) in [6, 6.07) is 11.6. The van der Waals surface area contributed by atoms with E-state index in [0.29, 0.717) is 12.1 Å². The Morgan fingerprint density at radius 3 is 2.57 bits per heavy atom. The highest BCUT2D eigenvalue weighted by molar-refractivity contribution is 6.02. The van der Waals surface area contributed by atoms with Crippen molar-refractivity contribution in [3.8, 4) is 0 Å². The van der Waals surface area contributed by atoms with Crippen LogP contribution < -0.4 is 0 Å². The van der Waals surface area contributed by atoms with E-state index in [1.807, 2.05) is 43.3 Å². The second kappa shape index (κ2) is 5.48. The van der Waals surface area contributed by atoms with E-state index < -0.39 is 11.9 Å². The molecule has 1 N–H and O–H groups in total. The highest BCUT2D eigenvalue weighted by atomic mass is 16.4. The molecule has 0 amide bonds. The van der Waals surface area contributed by atoms with Gasteiger partial charge in [0.05, 0.1) is 22.6 Å². The quantitative estimate of drug-likeness (QED) is 0.739. The largest absolute Gasteiger partial charge is 0.481 e. The van der Waals surface area contributed by atoms with Crippen LogP contribution in [0.5, 0.6) is 0 Å². The van der Waals surface area contributed by atoms with E-state index in [1.165, 1.54) is 0 Å². The smallest absolute Gasteiger partial charge is 0.312 e. The lowest BCUT2D eigenvalue weighted by molar-refractivity contribution is -0.139. The number of carboxylic acid groups (broad SMARTS) is 1. The van der Waals surface area contributed by atoms with Gasteiger partial charge in [-0.15, -0.1) is 0 Å². The molecular weight excluding hydrogens is 264 g/mol. The average Bonchev–Trinajstić information content (AvgIpc) is 2.51. The summed E-state index contributed by atoms with van der Waals surface area (Å²) in [5.41, 5.74) is 2.19. The molecule has 0 saturated carbocycles. The van der Waals surface area contributed by atoms with Gasteiger partial charge in [-0.05, 0) is 18.6 Å². The molecule has 3 aromatic rings. The van der Waals surface area contributed by atoms with Crippen molar-refractivity contribution in [1.82, 2.24) is 9.97 Å². The summed E-state index contributed by atoms with van der Waals surface area (Å²) in [6.45, 7) is 1.98. The van der Waals surface area contributed by atoms with Crippen LogP contribution in [0.3, 0.4) is 0 Å². The van der Waals surface area contributed by atoms with Crippen LogP contribution in [0.2, 0.25) is 0 Å². The van der Waals surface area contributed by atoms with Gasteiger partial charge >= 0.3 is 5.97 Å². The van der Waals surface area contributed by atoms with Crippen molar-refractivity contribution in [3.05, 3.63) is 48.3 Å². The van der Waals surface area contributed by atoms with Crippen LogP contribution in [-0.4, -0.2) is 21.0 Å². The summed E-state index contributed by atoms with van der Waals surface area (Å²) < 4.78 is 0. The molecule has 106 valence electrons. The van der Waals surface area contributed by atoms with Crippen molar-refractivity contribution < 1.29 is 9.90 Å². The van der Waals surface area contributed by atoms with E-state index in [2.05, 4.69) is 9.97 Å². The Kier molecular flexibility index (Phi) is 3.52. The lowest BCUT2D eigenvalue weighted by Gasteiger charge is -2.12. The van der Waals surface area contributed by atoms with Gasteiger partial charge in [0, 0.05) is 17.0 Å². The van der Waals surface area contributed by atoms with Gasteiger partial charge < -0.3 is 5.11 Å². The van der Waals surface area contributed by atoms with Crippen LogP contribution in [0.1, 0.15) is 31.4 Å². The number of pyridine rings is 2. The molecule has 1 atom stereocenters. The summed E-state index contributed by atoms with van der Waals surface area (Å²) in [6.07, 6.45) is 3.13. The van der Waals surface area contributed by atoms with E-state index in [0.717, 1.165) is 28.2 Å². The minimum absolute atomic E-state index is 0.557. The minimum Gasteiger partial charge on any atom is -0.481 e. The lowest BCUT2D eigenvalue weighted by Crippen LogP contribution is -2.13. The topological polar surface area (TPSA) is 63.1 Å². The summed E-state index contributed by atoms with van der Waals surface area (Å²) in [5.74, 6) is -1.38. The molecule has 0 spiro atoms. The third kappa shape index (κ3) is 2.44.